The number of ether oxygens (including phenoxy) is 1. The first-order valence-corrected chi connectivity index (χ1v) is 7.45. The zero-order valence-corrected chi connectivity index (χ0v) is 13.2. The van der Waals surface area contributed by atoms with Crippen molar-refractivity contribution < 1.29 is 14.3 Å². The fraction of sp³-hybridized carbons (Fsp3) is 0.176. The number of halogens is 1. The maximum absolute atomic E-state index is 13.0. The molecule has 1 atom stereocenters. The van der Waals surface area contributed by atoms with Crippen LogP contribution >= 0.6 is 11.6 Å². The summed E-state index contributed by atoms with van der Waals surface area (Å²) in [7, 11) is 1.46. The fourth-order valence-corrected chi connectivity index (χ4v) is 3.00. The third-order valence-corrected chi connectivity index (χ3v) is 4.15. The van der Waals surface area contributed by atoms with E-state index in [9.17, 15) is 9.59 Å². The van der Waals surface area contributed by atoms with Gasteiger partial charge in [-0.05, 0) is 29.8 Å². The molecule has 0 bridgehead atoms. The molecular weight excluding hydrogens is 316 g/mol. The minimum Gasteiger partial charge on any atom is -0.496 e. The van der Waals surface area contributed by atoms with E-state index < -0.39 is 11.9 Å². The average Bonchev–Trinajstić information content (AvgIpc) is 2.93. The lowest BCUT2D eigenvalue weighted by atomic mass is 10.1. The molecule has 0 spiro atoms. The molecule has 1 aliphatic heterocycles. The van der Waals surface area contributed by atoms with E-state index >= 15 is 0 Å². The van der Waals surface area contributed by atoms with Crippen molar-refractivity contribution in [2.75, 3.05) is 12.0 Å². The topological polar surface area (TPSA) is 72.6 Å². The number of rotatable bonds is 3. The summed E-state index contributed by atoms with van der Waals surface area (Å²) in [6.07, 6.45) is 0.410. The van der Waals surface area contributed by atoms with Crippen LogP contribution in [0.4, 0.5) is 5.69 Å². The van der Waals surface area contributed by atoms with Crippen LogP contribution in [0.5, 0.6) is 5.75 Å². The van der Waals surface area contributed by atoms with Gasteiger partial charge in [-0.25, -0.2) is 0 Å². The van der Waals surface area contributed by atoms with Gasteiger partial charge < -0.3 is 10.5 Å². The summed E-state index contributed by atoms with van der Waals surface area (Å²) in [4.78, 5) is 26.2. The van der Waals surface area contributed by atoms with Crippen LogP contribution in [-0.2, 0) is 11.2 Å². The molecule has 0 aromatic heterocycles. The zero-order chi connectivity index (χ0) is 16.6. The standard InChI is InChI=1S/C17H15ClN2O3/c1-23-15-9-11(18)6-7-12(15)17(22)20-13-5-3-2-4-10(13)8-14(20)16(19)21/h2-7,9,14H,8H2,1H3,(H2,19,21)/t14-/m0/s1. The van der Waals surface area contributed by atoms with Crippen LogP contribution in [0.25, 0.3) is 0 Å². The van der Waals surface area contributed by atoms with Crippen LogP contribution in [0, 0.1) is 0 Å². The van der Waals surface area contributed by atoms with Gasteiger partial charge in [-0.3, -0.25) is 14.5 Å². The molecule has 6 heteroatoms. The monoisotopic (exact) mass is 330 g/mol. The summed E-state index contributed by atoms with van der Waals surface area (Å²) < 4.78 is 5.24. The highest BCUT2D eigenvalue weighted by Gasteiger charge is 2.38. The van der Waals surface area contributed by atoms with Gasteiger partial charge >= 0.3 is 0 Å². The highest BCUT2D eigenvalue weighted by molar-refractivity contribution is 6.31. The van der Waals surface area contributed by atoms with Gasteiger partial charge in [0.05, 0.1) is 12.7 Å². The second kappa shape index (κ2) is 5.93. The molecule has 0 fully saturated rings. The molecule has 0 saturated carbocycles. The molecule has 1 aliphatic rings. The van der Waals surface area contributed by atoms with Gasteiger partial charge in [0.25, 0.3) is 5.91 Å². The third kappa shape index (κ3) is 2.64. The van der Waals surface area contributed by atoms with Gasteiger partial charge in [0.1, 0.15) is 11.8 Å². The molecule has 2 aromatic rings. The molecule has 2 aromatic carbocycles. The summed E-state index contributed by atoms with van der Waals surface area (Å²) >= 11 is 5.94. The quantitative estimate of drug-likeness (QED) is 0.939. The van der Waals surface area contributed by atoms with Gasteiger partial charge in [-0.15, -0.1) is 0 Å². The second-order valence-electron chi connectivity index (χ2n) is 5.27. The first-order valence-electron chi connectivity index (χ1n) is 7.07. The van der Waals surface area contributed by atoms with Crippen molar-refractivity contribution in [1.29, 1.82) is 0 Å². The maximum atomic E-state index is 13.0. The highest BCUT2D eigenvalue weighted by Crippen LogP contribution is 2.35. The van der Waals surface area contributed by atoms with E-state index in [0.717, 1.165) is 5.56 Å². The SMILES string of the molecule is COc1cc(Cl)ccc1C(=O)N1c2ccccc2C[C@H]1C(N)=O. The predicted octanol–water partition coefficient (Wildman–Crippen LogP) is 2.41. The Bertz CT molecular complexity index is 791. The lowest BCUT2D eigenvalue weighted by Gasteiger charge is -2.24. The first kappa shape index (κ1) is 15.4. The number of para-hydroxylation sites is 1. The molecule has 5 nitrogen and oxygen atoms in total. The minimum atomic E-state index is -0.708. The number of primary amides is 1. The Labute approximate surface area is 138 Å². The molecule has 0 unspecified atom stereocenters. The number of nitrogens with two attached hydrogens (primary N) is 1. The normalized spacial score (nSPS) is 16.1. The summed E-state index contributed by atoms with van der Waals surface area (Å²) in [6.45, 7) is 0. The van der Waals surface area contributed by atoms with E-state index in [4.69, 9.17) is 22.1 Å². The number of carbonyl (C=O) groups is 2. The Balaban J connectivity index is 2.08. The van der Waals surface area contributed by atoms with Crippen molar-refractivity contribution >= 4 is 29.1 Å². The number of fused-ring (bicyclic) bond motifs is 1. The van der Waals surface area contributed by atoms with Crippen molar-refractivity contribution in [2.24, 2.45) is 5.73 Å². The van der Waals surface area contributed by atoms with Gasteiger partial charge in [0, 0.05) is 17.1 Å². The molecule has 0 aliphatic carbocycles. The number of hydrogen-bond acceptors (Lipinski definition) is 3. The van der Waals surface area contributed by atoms with Crippen molar-refractivity contribution in [3.8, 4) is 5.75 Å². The third-order valence-electron chi connectivity index (χ3n) is 3.92. The lowest BCUT2D eigenvalue weighted by molar-refractivity contribution is -0.119. The van der Waals surface area contributed by atoms with Crippen LogP contribution in [0.15, 0.2) is 42.5 Å². The Hall–Kier alpha value is -2.53. The number of anilines is 1. The lowest BCUT2D eigenvalue weighted by Crippen LogP contribution is -2.46. The van der Waals surface area contributed by atoms with Crippen molar-refractivity contribution in [3.63, 3.8) is 0 Å². The summed E-state index contributed by atoms with van der Waals surface area (Å²) in [5.41, 5.74) is 7.43. The van der Waals surface area contributed by atoms with Crippen LogP contribution in [0.1, 0.15) is 15.9 Å². The summed E-state index contributed by atoms with van der Waals surface area (Å²) in [6, 6.07) is 11.4. The zero-order valence-electron chi connectivity index (χ0n) is 12.5. The summed E-state index contributed by atoms with van der Waals surface area (Å²) in [5.74, 6) is -0.523. The van der Waals surface area contributed by atoms with Crippen LogP contribution < -0.4 is 15.4 Å². The van der Waals surface area contributed by atoms with E-state index in [1.807, 2.05) is 18.2 Å². The van der Waals surface area contributed by atoms with E-state index in [0.29, 0.717) is 28.4 Å². The number of amides is 2. The van der Waals surface area contributed by atoms with Crippen LogP contribution in [0.3, 0.4) is 0 Å². The number of methoxy groups -OCH3 is 1. The van der Waals surface area contributed by atoms with Gasteiger partial charge in [-0.1, -0.05) is 29.8 Å². The Kier molecular flexibility index (Phi) is 3.96. The molecule has 0 radical (unpaired) electrons. The van der Waals surface area contributed by atoms with Gasteiger partial charge in [0.2, 0.25) is 5.91 Å². The Morgan fingerprint density at radius 2 is 2.00 bits per heavy atom. The van der Waals surface area contributed by atoms with E-state index in [-0.39, 0.29) is 5.91 Å². The number of carbonyl (C=O) groups excluding carboxylic acids is 2. The highest BCUT2D eigenvalue weighted by atomic mass is 35.5. The molecule has 2 N–H and O–H groups in total. The van der Waals surface area contributed by atoms with Gasteiger partial charge in [-0.2, -0.15) is 0 Å². The fourth-order valence-electron chi connectivity index (χ4n) is 2.84. The molecular formula is C17H15ClN2O3. The largest absolute Gasteiger partial charge is 0.496 e. The Morgan fingerprint density at radius 3 is 2.70 bits per heavy atom. The van der Waals surface area contributed by atoms with E-state index in [1.165, 1.54) is 12.0 Å². The van der Waals surface area contributed by atoms with Crippen molar-refractivity contribution in [2.45, 2.75) is 12.5 Å². The van der Waals surface area contributed by atoms with Crippen molar-refractivity contribution in [1.82, 2.24) is 0 Å². The number of hydrogen-bond donors (Lipinski definition) is 1. The van der Waals surface area contributed by atoms with E-state index in [2.05, 4.69) is 0 Å². The van der Waals surface area contributed by atoms with Gasteiger partial charge in [0.15, 0.2) is 0 Å². The smallest absolute Gasteiger partial charge is 0.262 e. The molecule has 0 saturated heterocycles. The van der Waals surface area contributed by atoms with Crippen LogP contribution in [0.2, 0.25) is 5.02 Å². The second-order valence-corrected chi connectivity index (χ2v) is 5.71. The first-order chi connectivity index (χ1) is 11.0. The minimum absolute atomic E-state index is 0.333. The number of benzene rings is 2. The summed E-state index contributed by atoms with van der Waals surface area (Å²) in [5, 5.41) is 0.465. The van der Waals surface area contributed by atoms with Crippen molar-refractivity contribution in [3.05, 3.63) is 58.6 Å². The molecule has 118 valence electrons. The molecule has 1 heterocycles. The average molecular weight is 331 g/mol. The molecule has 23 heavy (non-hydrogen) atoms. The Morgan fingerprint density at radius 1 is 1.26 bits per heavy atom. The van der Waals surface area contributed by atoms with E-state index in [1.54, 1.807) is 24.3 Å². The maximum Gasteiger partial charge on any atom is 0.262 e. The predicted molar refractivity (Wildman–Crippen MR) is 87.9 cm³/mol. The molecule has 3 rings (SSSR count). The molecule has 2 amide bonds. The van der Waals surface area contributed by atoms with Crippen LogP contribution in [-0.4, -0.2) is 25.0 Å². The number of nitrogens with zero attached hydrogens (tertiary/aromatic N) is 1.